The maximum Gasteiger partial charge on any atom is 0.573 e. The number of nitrogens with zero attached hydrogens (tertiary/aromatic N) is 3. The molecule has 0 atom stereocenters. The van der Waals surface area contributed by atoms with Gasteiger partial charge in [0.25, 0.3) is 11.5 Å². The van der Waals surface area contributed by atoms with Crippen LogP contribution in [0, 0.1) is 0 Å². The van der Waals surface area contributed by atoms with Gasteiger partial charge in [0, 0.05) is 18.3 Å². The van der Waals surface area contributed by atoms with Crippen molar-refractivity contribution in [1.29, 1.82) is 0 Å². The third-order valence-electron chi connectivity index (χ3n) is 3.61. The monoisotopic (exact) mass is 459 g/mol. The second-order valence-electron chi connectivity index (χ2n) is 5.66. The molecule has 3 N–H and O–H groups in total. The zero-order valence-corrected chi connectivity index (χ0v) is 16.1. The molecule has 0 aliphatic rings. The Kier molecular flexibility index (Phi) is 5.85. The summed E-state index contributed by atoms with van der Waals surface area (Å²) in [6.45, 7) is 0. The van der Waals surface area contributed by atoms with E-state index in [4.69, 9.17) is 28.9 Å². The first kappa shape index (κ1) is 21.4. The molecular formula is C17H10Cl2F3N5O3. The van der Waals surface area contributed by atoms with E-state index in [1.165, 1.54) is 18.5 Å². The molecule has 0 radical (unpaired) electrons. The highest BCUT2D eigenvalue weighted by Gasteiger charge is 2.32. The first-order valence-electron chi connectivity index (χ1n) is 7.90. The summed E-state index contributed by atoms with van der Waals surface area (Å²) in [7, 11) is 0. The number of nitrogen functional groups attached to an aromatic ring is 1. The molecule has 1 amide bonds. The van der Waals surface area contributed by atoms with E-state index in [9.17, 15) is 22.8 Å². The number of benzene rings is 1. The fourth-order valence-electron chi connectivity index (χ4n) is 2.43. The summed E-state index contributed by atoms with van der Waals surface area (Å²) < 4.78 is 41.8. The van der Waals surface area contributed by atoms with Gasteiger partial charge in [-0.1, -0.05) is 23.2 Å². The lowest BCUT2D eigenvalue weighted by Crippen LogP contribution is -2.31. The van der Waals surface area contributed by atoms with E-state index in [-0.39, 0.29) is 21.6 Å². The number of nitrogens with one attached hydrogen (secondary N) is 1. The number of carbonyl (C=O) groups is 1. The smallest absolute Gasteiger partial charge is 0.406 e. The van der Waals surface area contributed by atoms with Crippen LogP contribution in [-0.2, 0) is 0 Å². The average Bonchev–Trinajstić information content (AvgIpc) is 2.62. The van der Waals surface area contributed by atoms with Crippen molar-refractivity contribution in [1.82, 2.24) is 14.5 Å². The molecule has 156 valence electrons. The number of nitrogens with two attached hydrogens (primary N) is 1. The number of rotatable bonds is 4. The number of halogens is 5. The Bertz CT molecular complexity index is 1150. The Morgan fingerprint density at radius 3 is 2.47 bits per heavy atom. The van der Waals surface area contributed by atoms with Crippen LogP contribution in [-0.4, -0.2) is 26.8 Å². The van der Waals surface area contributed by atoms with Crippen LogP contribution in [0.3, 0.4) is 0 Å². The zero-order valence-electron chi connectivity index (χ0n) is 14.6. The minimum absolute atomic E-state index is 0.208. The quantitative estimate of drug-likeness (QED) is 0.615. The number of hydrogen-bond donors (Lipinski definition) is 2. The molecule has 2 aromatic heterocycles. The summed E-state index contributed by atoms with van der Waals surface area (Å²) in [6.07, 6.45) is -1.20. The van der Waals surface area contributed by atoms with Gasteiger partial charge in [-0.15, -0.1) is 13.2 Å². The molecule has 0 aliphatic heterocycles. The average molecular weight is 460 g/mol. The normalized spacial score (nSPS) is 11.2. The van der Waals surface area contributed by atoms with Crippen molar-refractivity contribution in [3.63, 3.8) is 0 Å². The van der Waals surface area contributed by atoms with Crippen LogP contribution in [0.15, 0.2) is 47.8 Å². The van der Waals surface area contributed by atoms with Gasteiger partial charge in [-0.2, -0.15) is 0 Å². The first-order chi connectivity index (χ1) is 14.1. The van der Waals surface area contributed by atoms with E-state index in [0.717, 1.165) is 23.0 Å². The van der Waals surface area contributed by atoms with E-state index in [2.05, 4.69) is 20.0 Å². The number of amides is 1. The number of carbonyl (C=O) groups excluding carboxylic acids is 1. The lowest BCUT2D eigenvalue weighted by Gasteiger charge is -2.15. The summed E-state index contributed by atoms with van der Waals surface area (Å²) in [4.78, 5) is 33.0. The molecule has 2 heterocycles. The molecular weight excluding hydrogens is 450 g/mol. The highest BCUT2D eigenvalue weighted by atomic mass is 35.5. The summed E-state index contributed by atoms with van der Waals surface area (Å²) in [5, 5.41) is 1.73. The number of aromatic nitrogens is 3. The lowest BCUT2D eigenvalue weighted by atomic mass is 10.2. The predicted molar refractivity (Wildman–Crippen MR) is 103 cm³/mol. The third-order valence-corrected chi connectivity index (χ3v) is 4.19. The molecule has 8 nitrogen and oxygen atoms in total. The Labute approximate surface area is 176 Å². The maximum absolute atomic E-state index is 12.9. The Morgan fingerprint density at radius 1 is 1.23 bits per heavy atom. The molecule has 0 fully saturated rings. The van der Waals surface area contributed by atoms with E-state index in [0.29, 0.717) is 5.69 Å². The van der Waals surface area contributed by atoms with E-state index >= 15 is 0 Å². The number of ether oxygens (including phenoxy) is 1. The van der Waals surface area contributed by atoms with Gasteiger partial charge >= 0.3 is 6.36 Å². The van der Waals surface area contributed by atoms with E-state index < -0.39 is 29.1 Å². The molecule has 0 saturated carbocycles. The highest BCUT2D eigenvalue weighted by molar-refractivity contribution is 6.38. The molecule has 0 aliphatic carbocycles. The Hall–Kier alpha value is -3.31. The second kappa shape index (κ2) is 8.20. The van der Waals surface area contributed by atoms with Gasteiger partial charge < -0.3 is 15.8 Å². The fraction of sp³-hybridized carbons (Fsp3) is 0.0588. The molecule has 0 saturated heterocycles. The third kappa shape index (κ3) is 4.63. The van der Waals surface area contributed by atoms with Crippen molar-refractivity contribution in [2.75, 3.05) is 11.1 Å². The zero-order chi connectivity index (χ0) is 22.1. The summed E-state index contributed by atoms with van der Waals surface area (Å²) in [5.74, 6) is -1.94. The molecule has 3 rings (SSSR count). The topological polar surface area (TPSA) is 112 Å². The standard InChI is InChI=1S/C17H10Cl2F3N5O3/c18-10-4-9(30-17(20,21)22)5-11(19)13(10)27-7-25-14(23)12(16(27)29)15(28)26-8-2-1-3-24-6-8/h1-7H,23H2,(H,26,28). The van der Waals surface area contributed by atoms with Crippen molar-refractivity contribution in [3.8, 4) is 11.4 Å². The summed E-state index contributed by atoms with van der Waals surface area (Å²) in [6, 6.07) is 4.72. The lowest BCUT2D eigenvalue weighted by molar-refractivity contribution is -0.274. The van der Waals surface area contributed by atoms with Gasteiger partial charge in [0.1, 0.15) is 23.5 Å². The maximum atomic E-state index is 12.9. The molecule has 0 bridgehead atoms. The summed E-state index contributed by atoms with van der Waals surface area (Å²) in [5.41, 5.74) is 4.30. The van der Waals surface area contributed by atoms with Crippen molar-refractivity contribution >= 4 is 40.6 Å². The number of hydrogen-bond acceptors (Lipinski definition) is 6. The predicted octanol–water partition coefficient (Wildman–Crippen LogP) is 3.67. The largest absolute Gasteiger partial charge is 0.573 e. The summed E-state index contributed by atoms with van der Waals surface area (Å²) >= 11 is 12.0. The molecule has 1 aromatic carbocycles. The van der Waals surface area contributed by atoms with Crippen LogP contribution in [0.5, 0.6) is 5.75 Å². The Morgan fingerprint density at radius 2 is 1.90 bits per heavy atom. The van der Waals surface area contributed by atoms with Crippen molar-refractivity contribution < 1.29 is 22.7 Å². The minimum Gasteiger partial charge on any atom is -0.406 e. The number of alkyl halides is 3. The minimum atomic E-state index is -4.97. The van der Waals surface area contributed by atoms with Gasteiger partial charge in [-0.25, -0.2) is 4.98 Å². The molecule has 3 aromatic rings. The van der Waals surface area contributed by atoms with Crippen LogP contribution in [0.1, 0.15) is 10.4 Å². The number of pyridine rings is 1. The van der Waals surface area contributed by atoms with Crippen molar-refractivity contribution in [3.05, 3.63) is 68.9 Å². The van der Waals surface area contributed by atoms with Crippen LogP contribution in [0.2, 0.25) is 10.0 Å². The highest BCUT2D eigenvalue weighted by Crippen LogP contribution is 2.35. The van der Waals surface area contributed by atoms with Crippen molar-refractivity contribution in [2.45, 2.75) is 6.36 Å². The van der Waals surface area contributed by atoms with Crippen LogP contribution < -0.4 is 21.3 Å². The van der Waals surface area contributed by atoms with Gasteiger partial charge in [-0.05, 0) is 12.1 Å². The fourth-order valence-corrected chi connectivity index (χ4v) is 3.08. The van der Waals surface area contributed by atoms with Crippen molar-refractivity contribution in [2.24, 2.45) is 0 Å². The first-order valence-corrected chi connectivity index (χ1v) is 8.66. The van der Waals surface area contributed by atoms with Crippen LogP contribution in [0.25, 0.3) is 5.69 Å². The molecule has 0 unspecified atom stereocenters. The van der Waals surface area contributed by atoms with E-state index in [1.54, 1.807) is 6.07 Å². The van der Waals surface area contributed by atoms with E-state index in [1.807, 2.05) is 0 Å². The van der Waals surface area contributed by atoms with Gasteiger partial charge in [0.15, 0.2) is 0 Å². The second-order valence-corrected chi connectivity index (χ2v) is 6.47. The number of anilines is 2. The SMILES string of the molecule is Nc1ncn(-c2c(Cl)cc(OC(F)(F)F)cc2Cl)c(=O)c1C(=O)Nc1cccnc1. The Balaban J connectivity index is 2.05. The van der Waals surface area contributed by atoms with Gasteiger partial charge in [-0.3, -0.25) is 19.1 Å². The molecule has 13 heteroatoms. The molecule has 30 heavy (non-hydrogen) atoms. The van der Waals surface area contributed by atoms with Crippen LogP contribution >= 0.6 is 23.2 Å². The van der Waals surface area contributed by atoms with Gasteiger partial charge in [0.2, 0.25) is 0 Å². The van der Waals surface area contributed by atoms with Gasteiger partial charge in [0.05, 0.1) is 27.6 Å². The molecule has 0 spiro atoms. The van der Waals surface area contributed by atoms with Crippen LogP contribution in [0.4, 0.5) is 24.7 Å².